The van der Waals surface area contributed by atoms with E-state index in [0.29, 0.717) is 18.2 Å². The molecule has 1 N–H and O–H groups in total. The van der Waals surface area contributed by atoms with Crippen LogP contribution < -0.4 is 10.1 Å². The summed E-state index contributed by atoms with van der Waals surface area (Å²) in [4.78, 5) is 22.8. The Kier molecular flexibility index (Phi) is 7.29. The van der Waals surface area contributed by atoms with Gasteiger partial charge in [-0.1, -0.05) is 13.8 Å². The van der Waals surface area contributed by atoms with E-state index in [4.69, 9.17) is 9.47 Å². The average molecular weight is 293 g/mol. The summed E-state index contributed by atoms with van der Waals surface area (Å²) in [6.07, 6.45) is 0.721. The van der Waals surface area contributed by atoms with Crippen LogP contribution in [0.5, 0.6) is 5.75 Å². The monoisotopic (exact) mass is 293 g/mol. The van der Waals surface area contributed by atoms with Crippen molar-refractivity contribution in [3.63, 3.8) is 0 Å². The first-order chi connectivity index (χ1) is 10.0. The van der Waals surface area contributed by atoms with Gasteiger partial charge in [0.15, 0.2) is 0 Å². The highest BCUT2D eigenvalue weighted by Crippen LogP contribution is 2.16. The van der Waals surface area contributed by atoms with Crippen LogP contribution in [0.3, 0.4) is 0 Å². The van der Waals surface area contributed by atoms with E-state index in [-0.39, 0.29) is 18.9 Å². The number of hydrogen-bond acceptors (Lipinski definition) is 4. The van der Waals surface area contributed by atoms with E-state index in [1.165, 1.54) is 0 Å². The second kappa shape index (κ2) is 9.00. The summed E-state index contributed by atoms with van der Waals surface area (Å²) in [5.41, 5.74) is 0.625. The molecule has 0 radical (unpaired) electrons. The van der Waals surface area contributed by atoms with Crippen LogP contribution in [-0.4, -0.2) is 25.1 Å². The van der Waals surface area contributed by atoms with Crippen molar-refractivity contribution in [2.45, 2.75) is 33.6 Å². The van der Waals surface area contributed by atoms with E-state index < -0.39 is 5.97 Å². The first-order valence-corrected chi connectivity index (χ1v) is 7.19. The first-order valence-electron chi connectivity index (χ1n) is 7.19. The SMILES string of the molecule is CCOC(=O)CC(=O)Nc1ccc(OCCC(C)C)cc1. The lowest BCUT2D eigenvalue weighted by Gasteiger charge is -2.09. The second-order valence-electron chi connectivity index (χ2n) is 5.09. The molecule has 0 bridgehead atoms. The molecule has 0 saturated carbocycles. The van der Waals surface area contributed by atoms with Crippen molar-refractivity contribution in [3.05, 3.63) is 24.3 Å². The Balaban J connectivity index is 2.40. The standard InChI is InChI=1S/C16H23NO4/c1-4-20-16(19)11-15(18)17-13-5-7-14(8-6-13)21-10-9-12(2)3/h5-8,12H,4,9-11H2,1-3H3,(H,17,18). The summed E-state index contributed by atoms with van der Waals surface area (Å²) in [5.74, 6) is 0.455. The lowest BCUT2D eigenvalue weighted by molar-refractivity contribution is -0.145. The maximum Gasteiger partial charge on any atom is 0.315 e. The van der Waals surface area contributed by atoms with Crippen LogP contribution in [0.2, 0.25) is 0 Å². The molecule has 0 aliphatic heterocycles. The van der Waals surface area contributed by atoms with Crippen LogP contribution in [0, 0.1) is 5.92 Å². The Morgan fingerprint density at radius 3 is 2.43 bits per heavy atom. The van der Waals surface area contributed by atoms with Crippen molar-refractivity contribution < 1.29 is 19.1 Å². The summed E-state index contributed by atoms with van der Waals surface area (Å²) in [6.45, 7) is 6.94. The van der Waals surface area contributed by atoms with Gasteiger partial charge in [-0.3, -0.25) is 9.59 Å². The Labute approximate surface area is 125 Å². The van der Waals surface area contributed by atoms with Crippen LogP contribution in [0.25, 0.3) is 0 Å². The predicted molar refractivity (Wildman–Crippen MR) is 81.3 cm³/mol. The van der Waals surface area contributed by atoms with Crippen molar-refractivity contribution >= 4 is 17.6 Å². The van der Waals surface area contributed by atoms with Gasteiger partial charge < -0.3 is 14.8 Å². The number of hydrogen-bond donors (Lipinski definition) is 1. The Morgan fingerprint density at radius 2 is 1.86 bits per heavy atom. The van der Waals surface area contributed by atoms with Crippen LogP contribution in [0.15, 0.2) is 24.3 Å². The van der Waals surface area contributed by atoms with Gasteiger partial charge in [-0.15, -0.1) is 0 Å². The molecule has 0 heterocycles. The van der Waals surface area contributed by atoms with Crippen molar-refractivity contribution in [3.8, 4) is 5.75 Å². The molecule has 5 nitrogen and oxygen atoms in total. The van der Waals surface area contributed by atoms with Gasteiger partial charge in [-0.2, -0.15) is 0 Å². The molecule has 0 atom stereocenters. The minimum Gasteiger partial charge on any atom is -0.494 e. The number of benzene rings is 1. The number of rotatable bonds is 8. The van der Waals surface area contributed by atoms with E-state index in [9.17, 15) is 9.59 Å². The van der Waals surface area contributed by atoms with Gasteiger partial charge in [0.25, 0.3) is 0 Å². The molecule has 1 aromatic carbocycles. The number of nitrogens with one attached hydrogen (secondary N) is 1. The van der Waals surface area contributed by atoms with Crippen molar-refractivity contribution in [1.29, 1.82) is 0 Å². The van der Waals surface area contributed by atoms with Gasteiger partial charge in [0.05, 0.1) is 13.2 Å². The quantitative estimate of drug-likeness (QED) is 0.591. The normalized spacial score (nSPS) is 10.3. The zero-order valence-corrected chi connectivity index (χ0v) is 12.8. The van der Waals surface area contributed by atoms with Crippen LogP contribution in [0.4, 0.5) is 5.69 Å². The molecule has 21 heavy (non-hydrogen) atoms. The Bertz CT molecular complexity index is 454. The molecule has 116 valence electrons. The third kappa shape index (κ3) is 7.34. The Morgan fingerprint density at radius 1 is 1.19 bits per heavy atom. The van der Waals surface area contributed by atoms with E-state index in [2.05, 4.69) is 19.2 Å². The summed E-state index contributed by atoms with van der Waals surface area (Å²) >= 11 is 0. The molecule has 0 aliphatic rings. The number of amides is 1. The van der Waals surface area contributed by atoms with Gasteiger partial charge >= 0.3 is 5.97 Å². The van der Waals surface area contributed by atoms with Gasteiger partial charge in [0.2, 0.25) is 5.91 Å². The van der Waals surface area contributed by atoms with Crippen molar-refractivity contribution in [1.82, 2.24) is 0 Å². The smallest absolute Gasteiger partial charge is 0.315 e. The number of anilines is 1. The molecule has 0 aliphatic carbocycles. The molecule has 0 spiro atoms. The number of ether oxygens (including phenoxy) is 2. The van der Waals surface area contributed by atoms with E-state index in [0.717, 1.165) is 12.2 Å². The molecule has 0 unspecified atom stereocenters. The third-order valence-corrected chi connectivity index (χ3v) is 2.71. The molecule has 1 aromatic rings. The molecule has 0 fully saturated rings. The number of esters is 1. The van der Waals surface area contributed by atoms with Crippen molar-refractivity contribution in [2.24, 2.45) is 5.92 Å². The zero-order chi connectivity index (χ0) is 15.7. The van der Waals surface area contributed by atoms with Crippen molar-refractivity contribution in [2.75, 3.05) is 18.5 Å². The van der Waals surface area contributed by atoms with E-state index in [1.807, 2.05) is 0 Å². The second-order valence-corrected chi connectivity index (χ2v) is 5.09. The zero-order valence-electron chi connectivity index (χ0n) is 12.8. The van der Waals surface area contributed by atoms with Crippen LogP contribution >= 0.6 is 0 Å². The molecule has 5 heteroatoms. The van der Waals surface area contributed by atoms with Gasteiger partial charge in [0, 0.05) is 5.69 Å². The highest BCUT2D eigenvalue weighted by atomic mass is 16.5. The minimum absolute atomic E-state index is 0.272. The molecule has 1 rings (SSSR count). The maximum absolute atomic E-state index is 11.6. The van der Waals surface area contributed by atoms with Gasteiger partial charge in [-0.25, -0.2) is 0 Å². The fraction of sp³-hybridized carbons (Fsp3) is 0.500. The molecule has 0 aromatic heterocycles. The molecule has 1 amide bonds. The van der Waals surface area contributed by atoms with Crippen LogP contribution in [0.1, 0.15) is 33.6 Å². The van der Waals surface area contributed by atoms with Gasteiger partial charge in [-0.05, 0) is 43.5 Å². The average Bonchev–Trinajstić information content (AvgIpc) is 2.40. The fourth-order valence-electron chi connectivity index (χ4n) is 1.60. The number of carbonyl (C=O) groups is 2. The van der Waals surface area contributed by atoms with Crippen LogP contribution in [-0.2, 0) is 14.3 Å². The lowest BCUT2D eigenvalue weighted by atomic mass is 10.1. The molecular weight excluding hydrogens is 270 g/mol. The third-order valence-electron chi connectivity index (χ3n) is 2.71. The summed E-state index contributed by atoms with van der Waals surface area (Å²) in [6, 6.07) is 7.07. The number of carbonyl (C=O) groups excluding carboxylic acids is 2. The fourth-order valence-corrected chi connectivity index (χ4v) is 1.60. The highest BCUT2D eigenvalue weighted by molar-refractivity contribution is 6.01. The topological polar surface area (TPSA) is 64.6 Å². The summed E-state index contributed by atoms with van der Waals surface area (Å²) in [5, 5.41) is 2.64. The minimum atomic E-state index is -0.524. The summed E-state index contributed by atoms with van der Waals surface area (Å²) in [7, 11) is 0. The highest BCUT2D eigenvalue weighted by Gasteiger charge is 2.10. The van der Waals surface area contributed by atoms with E-state index in [1.54, 1.807) is 31.2 Å². The summed E-state index contributed by atoms with van der Waals surface area (Å²) < 4.78 is 10.3. The molecule has 0 saturated heterocycles. The predicted octanol–water partition coefficient (Wildman–Crippen LogP) is 3.00. The maximum atomic E-state index is 11.6. The molecular formula is C16H23NO4. The van der Waals surface area contributed by atoms with Gasteiger partial charge in [0.1, 0.15) is 12.2 Å². The largest absolute Gasteiger partial charge is 0.494 e. The Hall–Kier alpha value is -2.04. The van der Waals surface area contributed by atoms with E-state index >= 15 is 0 Å². The lowest BCUT2D eigenvalue weighted by Crippen LogP contribution is -2.18. The first kappa shape index (κ1) is 17.0.